The Morgan fingerprint density at radius 2 is 2.13 bits per heavy atom. The molecule has 0 spiro atoms. The zero-order chi connectivity index (χ0) is 17.0. The molecule has 124 valence electrons. The molecule has 1 N–H and O–H groups in total. The molecule has 11 heteroatoms. The van der Waals surface area contributed by atoms with Crippen molar-refractivity contribution in [3.8, 4) is 0 Å². The van der Waals surface area contributed by atoms with Gasteiger partial charge in [-0.15, -0.1) is 0 Å². The van der Waals surface area contributed by atoms with Gasteiger partial charge in [0.15, 0.2) is 0 Å². The van der Waals surface area contributed by atoms with Crippen LogP contribution in [-0.2, 0) is 16.6 Å². The number of nitrogens with zero attached hydrogens (tertiary/aromatic N) is 4. The van der Waals surface area contributed by atoms with Gasteiger partial charge in [-0.1, -0.05) is 23.2 Å². The van der Waals surface area contributed by atoms with E-state index in [4.69, 9.17) is 23.2 Å². The lowest BCUT2D eigenvalue weighted by molar-refractivity contribution is 0.212. The van der Waals surface area contributed by atoms with Gasteiger partial charge in [-0.2, -0.15) is 5.10 Å². The monoisotopic (exact) mass is 377 g/mol. The van der Waals surface area contributed by atoms with E-state index >= 15 is 0 Å². The lowest BCUT2D eigenvalue weighted by Gasteiger charge is -2.18. The summed E-state index contributed by atoms with van der Waals surface area (Å²) in [7, 11) is -2.66. The molecule has 1 aromatic carbocycles. The molecule has 0 unspecified atom stereocenters. The van der Waals surface area contributed by atoms with Gasteiger partial charge in [-0.25, -0.2) is 22.9 Å². The maximum atomic E-state index is 12.2. The van der Waals surface area contributed by atoms with Crippen LogP contribution in [0.2, 0.25) is 10.0 Å². The zero-order valence-electron chi connectivity index (χ0n) is 12.0. The van der Waals surface area contributed by atoms with E-state index in [9.17, 15) is 13.2 Å². The molecule has 2 aromatic rings. The number of urea groups is 1. The average Bonchev–Trinajstić information content (AvgIpc) is 3.00. The molecule has 8 nitrogen and oxygen atoms in total. The van der Waals surface area contributed by atoms with Crippen molar-refractivity contribution in [1.29, 1.82) is 0 Å². The van der Waals surface area contributed by atoms with Crippen LogP contribution in [0, 0.1) is 0 Å². The van der Waals surface area contributed by atoms with Crippen LogP contribution in [0.4, 0.5) is 4.79 Å². The fourth-order valence-corrected chi connectivity index (χ4v) is 3.39. The van der Waals surface area contributed by atoms with Gasteiger partial charge < -0.3 is 4.90 Å². The van der Waals surface area contributed by atoms with Gasteiger partial charge in [-0.3, -0.25) is 4.68 Å². The number of halogens is 2. The van der Waals surface area contributed by atoms with Gasteiger partial charge >= 0.3 is 6.03 Å². The van der Waals surface area contributed by atoms with E-state index in [-0.39, 0.29) is 21.5 Å². The smallest absolute Gasteiger partial charge is 0.325 e. The number of hydrogen-bond acceptors (Lipinski definition) is 5. The molecular formula is C12H13Cl2N5O3S. The first-order valence-electron chi connectivity index (χ1n) is 6.35. The molecule has 2 amide bonds. The standard InChI is InChI=1S/C12H13Cl2N5O3S/c1-18(4-5-19-8-15-7-16-19)12(20)17-23(21,22)11-6-9(13)2-3-10(11)14/h2-3,6-8H,4-5H2,1H3,(H,17,20). The van der Waals surface area contributed by atoms with Crippen LogP contribution in [-0.4, -0.2) is 47.7 Å². The van der Waals surface area contributed by atoms with Crippen molar-refractivity contribution in [3.63, 3.8) is 0 Å². The number of benzene rings is 1. The molecule has 2 rings (SSSR count). The second-order valence-electron chi connectivity index (χ2n) is 4.57. The summed E-state index contributed by atoms with van der Waals surface area (Å²) in [6, 6.07) is 3.18. The number of rotatable bonds is 5. The molecule has 0 fully saturated rings. The third kappa shape index (κ3) is 4.57. The second-order valence-corrected chi connectivity index (χ2v) is 7.06. The topological polar surface area (TPSA) is 97.2 Å². The molecule has 1 aromatic heterocycles. The van der Waals surface area contributed by atoms with E-state index in [1.807, 2.05) is 4.72 Å². The highest BCUT2D eigenvalue weighted by atomic mass is 35.5. The highest BCUT2D eigenvalue weighted by molar-refractivity contribution is 7.90. The minimum Gasteiger partial charge on any atom is -0.325 e. The van der Waals surface area contributed by atoms with Gasteiger partial charge in [0.1, 0.15) is 17.6 Å². The largest absolute Gasteiger partial charge is 0.331 e. The molecule has 0 atom stereocenters. The van der Waals surface area contributed by atoms with Crippen LogP contribution >= 0.6 is 23.2 Å². The van der Waals surface area contributed by atoms with E-state index in [0.29, 0.717) is 6.54 Å². The first kappa shape index (κ1) is 17.5. The number of carbonyl (C=O) groups is 1. The summed E-state index contributed by atoms with van der Waals surface area (Å²) in [4.78, 5) is 16.7. The summed E-state index contributed by atoms with van der Waals surface area (Å²) in [5.74, 6) is 0. The van der Waals surface area contributed by atoms with Crippen LogP contribution < -0.4 is 4.72 Å². The highest BCUT2D eigenvalue weighted by Gasteiger charge is 2.23. The second kappa shape index (κ2) is 7.16. The number of likely N-dealkylation sites (N-methyl/N-ethyl adjacent to an activating group) is 1. The average molecular weight is 378 g/mol. The summed E-state index contributed by atoms with van der Waals surface area (Å²) >= 11 is 11.6. The predicted molar refractivity (Wildman–Crippen MR) is 84.8 cm³/mol. The van der Waals surface area contributed by atoms with Crippen molar-refractivity contribution in [3.05, 3.63) is 40.9 Å². The van der Waals surface area contributed by atoms with E-state index < -0.39 is 16.1 Å². The SMILES string of the molecule is CN(CCn1cncn1)C(=O)NS(=O)(=O)c1cc(Cl)ccc1Cl. The number of amides is 2. The maximum absolute atomic E-state index is 12.2. The Morgan fingerprint density at radius 1 is 1.39 bits per heavy atom. The Kier molecular flexibility index (Phi) is 5.45. The lowest BCUT2D eigenvalue weighted by atomic mass is 10.4. The van der Waals surface area contributed by atoms with Crippen LogP contribution in [0.5, 0.6) is 0 Å². The Balaban J connectivity index is 2.04. The minimum absolute atomic E-state index is 0.0278. The molecule has 0 aliphatic heterocycles. The van der Waals surface area contributed by atoms with Crippen molar-refractivity contribution in [1.82, 2.24) is 24.4 Å². The predicted octanol–water partition coefficient (Wildman–Crippen LogP) is 1.62. The van der Waals surface area contributed by atoms with E-state index in [1.165, 1.54) is 47.5 Å². The Morgan fingerprint density at radius 3 is 2.78 bits per heavy atom. The van der Waals surface area contributed by atoms with Crippen LogP contribution in [0.1, 0.15) is 0 Å². The fourth-order valence-electron chi connectivity index (χ4n) is 1.63. The Bertz CT molecular complexity index is 795. The van der Waals surface area contributed by atoms with Gasteiger partial charge in [0, 0.05) is 18.6 Å². The van der Waals surface area contributed by atoms with E-state index in [2.05, 4.69) is 10.1 Å². The quantitative estimate of drug-likeness (QED) is 0.853. The van der Waals surface area contributed by atoms with Crippen LogP contribution in [0.3, 0.4) is 0 Å². The molecule has 0 saturated carbocycles. The van der Waals surface area contributed by atoms with Crippen molar-refractivity contribution in [2.24, 2.45) is 0 Å². The Hall–Kier alpha value is -1.84. The van der Waals surface area contributed by atoms with Crippen LogP contribution in [0.15, 0.2) is 35.7 Å². The van der Waals surface area contributed by atoms with Gasteiger partial charge in [0.2, 0.25) is 0 Å². The molecule has 0 bridgehead atoms. The molecule has 0 aliphatic rings. The number of sulfonamides is 1. The van der Waals surface area contributed by atoms with Crippen molar-refractivity contribution in [2.45, 2.75) is 11.4 Å². The minimum atomic E-state index is -4.12. The summed E-state index contributed by atoms with van der Waals surface area (Å²) in [5.41, 5.74) is 0. The third-order valence-corrected chi connectivity index (χ3v) is 4.92. The van der Waals surface area contributed by atoms with Crippen molar-refractivity contribution in [2.75, 3.05) is 13.6 Å². The normalized spacial score (nSPS) is 11.3. The molecule has 0 radical (unpaired) electrons. The van der Waals surface area contributed by atoms with Gasteiger partial charge in [0.25, 0.3) is 10.0 Å². The first-order chi connectivity index (χ1) is 10.8. The lowest BCUT2D eigenvalue weighted by Crippen LogP contribution is -2.42. The summed E-state index contributed by atoms with van der Waals surface area (Å²) in [6.07, 6.45) is 2.86. The summed E-state index contributed by atoms with van der Waals surface area (Å²) in [6.45, 7) is 0.621. The number of nitrogens with one attached hydrogen (secondary N) is 1. The van der Waals surface area contributed by atoms with Gasteiger partial charge in [-0.05, 0) is 18.2 Å². The molecule has 0 aliphatic carbocycles. The van der Waals surface area contributed by atoms with Crippen molar-refractivity contribution < 1.29 is 13.2 Å². The zero-order valence-corrected chi connectivity index (χ0v) is 14.3. The summed E-state index contributed by atoms with van der Waals surface area (Å²) < 4.78 is 27.9. The summed E-state index contributed by atoms with van der Waals surface area (Å²) in [5, 5.41) is 4.06. The molecular weight excluding hydrogens is 365 g/mol. The van der Waals surface area contributed by atoms with Crippen molar-refractivity contribution >= 4 is 39.3 Å². The highest BCUT2D eigenvalue weighted by Crippen LogP contribution is 2.24. The maximum Gasteiger partial charge on any atom is 0.331 e. The molecule has 23 heavy (non-hydrogen) atoms. The van der Waals surface area contributed by atoms with Gasteiger partial charge in [0.05, 0.1) is 11.6 Å². The van der Waals surface area contributed by atoms with E-state index in [0.717, 1.165) is 0 Å². The number of aromatic nitrogens is 3. The Labute approximate surface area is 143 Å². The number of hydrogen-bond donors (Lipinski definition) is 1. The van der Waals surface area contributed by atoms with Crippen LogP contribution in [0.25, 0.3) is 0 Å². The molecule has 1 heterocycles. The third-order valence-electron chi connectivity index (χ3n) is 2.88. The number of carbonyl (C=O) groups excluding carboxylic acids is 1. The molecule has 0 saturated heterocycles. The van der Waals surface area contributed by atoms with E-state index in [1.54, 1.807) is 0 Å². The first-order valence-corrected chi connectivity index (χ1v) is 8.59. The fraction of sp³-hybridized carbons (Fsp3) is 0.250.